The van der Waals surface area contributed by atoms with E-state index in [1.165, 1.54) is 42.1 Å². The summed E-state index contributed by atoms with van der Waals surface area (Å²) >= 11 is 0. The molecule has 0 saturated heterocycles. The first-order valence-corrected chi connectivity index (χ1v) is 7.15. The lowest BCUT2D eigenvalue weighted by Crippen LogP contribution is -2.28. The van der Waals surface area contributed by atoms with Crippen LogP contribution in [0.2, 0.25) is 0 Å². The average Bonchev–Trinajstić information content (AvgIpc) is 3.13. The molecule has 0 radical (unpaired) electrons. The van der Waals surface area contributed by atoms with Gasteiger partial charge in [0.05, 0.1) is 0 Å². The lowest BCUT2D eigenvalue weighted by molar-refractivity contribution is 0.445. The Morgan fingerprint density at radius 3 is 2.94 bits per heavy atom. The number of hydrogen-bond acceptors (Lipinski definition) is 1. The number of hydrogen-bond donors (Lipinski definition) is 2. The molecule has 3 rings (SSSR count). The number of benzene rings is 1. The van der Waals surface area contributed by atoms with Crippen molar-refractivity contribution < 1.29 is 0 Å². The van der Waals surface area contributed by atoms with Crippen molar-refractivity contribution in [1.82, 2.24) is 10.3 Å². The second-order valence-corrected chi connectivity index (χ2v) is 5.52. The van der Waals surface area contributed by atoms with Crippen LogP contribution >= 0.6 is 0 Å². The van der Waals surface area contributed by atoms with Crippen molar-refractivity contribution in [3.8, 4) is 0 Å². The van der Waals surface area contributed by atoms with Gasteiger partial charge in [-0.25, -0.2) is 0 Å². The Hall–Kier alpha value is -1.28. The van der Waals surface area contributed by atoms with E-state index in [4.69, 9.17) is 0 Å². The summed E-state index contributed by atoms with van der Waals surface area (Å²) in [5.74, 6) is 1.01. The maximum Gasteiger partial charge on any atom is 0.0457 e. The maximum atomic E-state index is 3.72. The van der Waals surface area contributed by atoms with E-state index in [2.05, 4.69) is 47.7 Å². The molecule has 1 aliphatic carbocycles. The van der Waals surface area contributed by atoms with Crippen LogP contribution in [0.3, 0.4) is 0 Å². The molecule has 1 saturated carbocycles. The Kier molecular flexibility index (Phi) is 3.37. The first-order chi connectivity index (χ1) is 8.86. The number of aromatic nitrogens is 1. The van der Waals surface area contributed by atoms with Gasteiger partial charge in [-0.2, -0.15) is 0 Å². The smallest absolute Gasteiger partial charge is 0.0457 e. The number of para-hydroxylation sites is 1. The van der Waals surface area contributed by atoms with Gasteiger partial charge in [0, 0.05) is 29.7 Å². The molecular weight excluding hydrogens is 220 g/mol. The number of H-pyrrole nitrogens is 1. The van der Waals surface area contributed by atoms with Crippen LogP contribution in [0.25, 0.3) is 10.9 Å². The highest BCUT2D eigenvalue weighted by Gasteiger charge is 2.24. The molecule has 2 N–H and O–H groups in total. The number of nitrogens with one attached hydrogen (secondary N) is 2. The Labute approximate surface area is 109 Å². The highest BCUT2D eigenvalue weighted by molar-refractivity contribution is 5.82. The fourth-order valence-corrected chi connectivity index (χ4v) is 2.68. The summed E-state index contributed by atoms with van der Waals surface area (Å²) in [6, 6.07) is 9.22. The zero-order chi connectivity index (χ0) is 12.4. The summed E-state index contributed by atoms with van der Waals surface area (Å²) in [7, 11) is 0. The molecule has 1 heterocycles. The molecule has 1 aromatic heterocycles. The van der Waals surface area contributed by atoms with Crippen molar-refractivity contribution in [2.24, 2.45) is 5.92 Å². The second kappa shape index (κ2) is 5.15. The van der Waals surface area contributed by atoms with Gasteiger partial charge in [-0.1, -0.05) is 38.0 Å². The Bertz CT molecular complexity index is 511. The lowest BCUT2D eigenvalue weighted by atomic mass is 10.1. The van der Waals surface area contributed by atoms with Crippen LogP contribution in [0.4, 0.5) is 0 Å². The van der Waals surface area contributed by atoms with E-state index in [0.29, 0.717) is 6.04 Å². The van der Waals surface area contributed by atoms with Gasteiger partial charge in [0.1, 0.15) is 0 Å². The molecular formula is C16H22N2. The monoisotopic (exact) mass is 242 g/mol. The molecule has 0 aliphatic heterocycles. The minimum Gasteiger partial charge on any atom is -0.361 e. The Balaban J connectivity index is 1.64. The lowest BCUT2D eigenvalue weighted by Gasteiger charge is -2.16. The van der Waals surface area contributed by atoms with E-state index >= 15 is 0 Å². The van der Waals surface area contributed by atoms with Crippen LogP contribution in [-0.2, 0) is 6.54 Å². The normalized spacial score (nSPS) is 17.2. The molecule has 0 amide bonds. The SMILES string of the molecule is CCC(CC1CC1)NCc1c[nH]c2ccccc12. The molecule has 2 heteroatoms. The molecule has 18 heavy (non-hydrogen) atoms. The quantitative estimate of drug-likeness (QED) is 0.791. The van der Waals surface area contributed by atoms with Gasteiger partial charge in [-0.05, 0) is 30.4 Å². The highest BCUT2D eigenvalue weighted by Crippen LogP contribution is 2.34. The molecule has 1 unspecified atom stereocenters. The van der Waals surface area contributed by atoms with Crippen LogP contribution in [0.15, 0.2) is 30.5 Å². The molecule has 2 nitrogen and oxygen atoms in total. The largest absolute Gasteiger partial charge is 0.361 e. The second-order valence-electron chi connectivity index (χ2n) is 5.52. The van der Waals surface area contributed by atoms with Crippen LogP contribution in [0.1, 0.15) is 38.2 Å². The maximum absolute atomic E-state index is 3.72. The summed E-state index contributed by atoms with van der Waals surface area (Å²) in [5.41, 5.74) is 2.63. The van der Waals surface area contributed by atoms with E-state index in [1.54, 1.807) is 0 Å². The van der Waals surface area contributed by atoms with Crippen molar-refractivity contribution in [2.45, 2.75) is 45.2 Å². The summed E-state index contributed by atoms with van der Waals surface area (Å²) in [6.07, 6.45) is 7.63. The van der Waals surface area contributed by atoms with Crippen molar-refractivity contribution in [3.63, 3.8) is 0 Å². The summed E-state index contributed by atoms with van der Waals surface area (Å²) < 4.78 is 0. The molecule has 0 bridgehead atoms. The third-order valence-corrected chi connectivity index (χ3v) is 4.06. The van der Waals surface area contributed by atoms with Gasteiger partial charge < -0.3 is 10.3 Å². The van der Waals surface area contributed by atoms with E-state index < -0.39 is 0 Å². The van der Waals surface area contributed by atoms with Crippen LogP contribution in [0.5, 0.6) is 0 Å². The molecule has 96 valence electrons. The number of rotatable bonds is 6. The fraction of sp³-hybridized carbons (Fsp3) is 0.500. The van der Waals surface area contributed by atoms with E-state index in [1.807, 2.05) is 0 Å². The van der Waals surface area contributed by atoms with E-state index in [9.17, 15) is 0 Å². The van der Waals surface area contributed by atoms with E-state index in [-0.39, 0.29) is 0 Å². The molecule has 1 aromatic carbocycles. The zero-order valence-electron chi connectivity index (χ0n) is 11.1. The highest BCUT2D eigenvalue weighted by atomic mass is 14.9. The van der Waals surface area contributed by atoms with Crippen LogP contribution in [0, 0.1) is 5.92 Å². The van der Waals surface area contributed by atoms with Gasteiger partial charge in [0.2, 0.25) is 0 Å². The minimum atomic E-state index is 0.686. The number of aromatic amines is 1. The van der Waals surface area contributed by atoms with Crippen LogP contribution in [-0.4, -0.2) is 11.0 Å². The third-order valence-electron chi connectivity index (χ3n) is 4.06. The Morgan fingerprint density at radius 1 is 1.33 bits per heavy atom. The topological polar surface area (TPSA) is 27.8 Å². The summed E-state index contributed by atoms with van der Waals surface area (Å²) in [5, 5.41) is 5.07. The van der Waals surface area contributed by atoms with Gasteiger partial charge in [-0.15, -0.1) is 0 Å². The Morgan fingerprint density at radius 2 is 2.17 bits per heavy atom. The first kappa shape index (κ1) is 11.8. The summed E-state index contributed by atoms with van der Waals surface area (Å²) in [4.78, 5) is 3.34. The third kappa shape index (κ3) is 2.59. The van der Waals surface area contributed by atoms with Crippen molar-refractivity contribution in [3.05, 3.63) is 36.0 Å². The molecule has 1 aliphatic rings. The molecule has 1 fully saturated rings. The molecule has 2 aromatic rings. The predicted molar refractivity (Wildman–Crippen MR) is 76.6 cm³/mol. The summed E-state index contributed by atoms with van der Waals surface area (Å²) in [6.45, 7) is 3.27. The standard InChI is InChI=1S/C16H22N2/c1-2-14(9-12-7-8-12)17-10-13-11-18-16-6-4-3-5-15(13)16/h3-6,11-12,14,17-18H,2,7-10H2,1H3. The minimum absolute atomic E-state index is 0.686. The van der Waals surface area contributed by atoms with Gasteiger partial charge in [0.25, 0.3) is 0 Å². The first-order valence-electron chi connectivity index (χ1n) is 7.15. The van der Waals surface area contributed by atoms with Crippen LogP contribution < -0.4 is 5.32 Å². The zero-order valence-corrected chi connectivity index (χ0v) is 11.1. The average molecular weight is 242 g/mol. The van der Waals surface area contributed by atoms with Crippen molar-refractivity contribution in [1.29, 1.82) is 0 Å². The van der Waals surface area contributed by atoms with Crippen molar-refractivity contribution >= 4 is 10.9 Å². The van der Waals surface area contributed by atoms with Crippen molar-refractivity contribution in [2.75, 3.05) is 0 Å². The predicted octanol–water partition coefficient (Wildman–Crippen LogP) is 3.84. The van der Waals surface area contributed by atoms with Gasteiger partial charge in [0.15, 0.2) is 0 Å². The van der Waals surface area contributed by atoms with Gasteiger partial charge in [-0.3, -0.25) is 0 Å². The molecule has 0 spiro atoms. The fourth-order valence-electron chi connectivity index (χ4n) is 2.68. The van der Waals surface area contributed by atoms with Gasteiger partial charge >= 0.3 is 0 Å². The number of fused-ring (bicyclic) bond motifs is 1. The van der Waals surface area contributed by atoms with E-state index in [0.717, 1.165) is 12.5 Å². The molecule has 1 atom stereocenters.